The lowest BCUT2D eigenvalue weighted by Crippen LogP contribution is -2.41. The number of carbonyl (C=O) groups excluding carboxylic acids is 1. The van der Waals surface area contributed by atoms with E-state index in [0.717, 1.165) is 66.9 Å². The van der Waals surface area contributed by atoms with Gasteiger partial charge in [0.15, 0.2) is 0 Å². The van der Waals surface area contributed by atoms with E-state index in [0.29, 0.717) is 0 Å². The second kappa shape index (κ2) is 9.38. The van der Waals surface area contributed by atoms with E-state index >= 15 is 0 Å². The van der Waals surface area contributed by atoms with Crippen molar-refractivity contribution < 1.29 is 9.53 Å². The van der Waals surface area contributed by atoms with Gasteiger partial charge in [-0.05, 0) is 72.5 Å². The van der Waals surface area contributed by atoms with Crippen LogP contribution in [-0.4, -0.2) is 59.0 Å². The van der Waals surface area contributed by atoms with Crippen LogP contribution < -0.4 is 4.74 Å². The Morgan fingerprint density at radius 3 is 2.47 bits per heavy atom. The molecule has 2 aliphatic heterocycles. The standard InChI is InChI=1S/C29H33N3O2/c33-29(24-4-5-25-20-30-13-8-22(25)18-24)32-16-11-27(12-17-32)34-28-7-6-21-9-14-31(26-2-1-3-26)15-10-23(21)19-28/h4-8,13,18-20,26-27H,1-3,9-12,14-17H2. The van der Waals surface area contributed by atoms with E-state index < -0.39 is 0 Å². The second-order valence-corrected chi connectivity index (χ2v) is 10.1. The summed E-state index contributed by atoms with van der Waals surface area (Å²) in [6.07, 6.45) is 11.9. The number of hydrogen-bond acceptors (Lipinski definition) is 4. The van der Waals surface area contributed by atoms with Crippen molar-refractivity contribution in [2.24, 2.45) is 0 Å². The molecule has 2 aromatic carbocycles. The number of benzene rings is 2. The van der Waals surface area contributed by atoms with Gasteiger partial charge in [-0.15, -0.1) is 0 Å². The summed E-state index contributed by atoms with van der Waals surface area (Å²) in [6, 6.07) is 15.4. The van der Waals surface area contributed by atoms with Crippen LogP contribution in [0.3, 0.4) is 0 Å². The van der Waals surface area contributed by atoms with E-state index in [9.17, 15) is 4.79 Å². The molecule has 2 fully saturated rings. The van der Waals surface area contributed by atoms with Crippen molar-refractivity contribution in [3.05, 3.63) is 71.5 Å². The Hall–Kier alpha value is -2.92. The fourth-order valence-corrected chi connectivity index (χ4v) is 5.68. The molecule has 1 aliphatic carbocycles. The molecule has 0 atom stereocenters. The van der Waals surface area contributed by atoms with Gasteiger partial charge in [0.05, 0.1) is 0 Å². The lowest BCUT2D eigenvalue weighted by atomic mass is 9.91. The number of rotatable bonds is 4. The first kappa shape index (κ1) is 21.6. The van der Waals surface area contributed by atoms with Crippen LogP contribution in [-0.2, 0) is 12.8 Å². The van der Waals surface area contributed by atoms with Gasteiger partial charge >= 0.3 is 0 Å². The Kier molecular flexibility index (Phi) is 5.96. The van der Waals surface area contributed by atoms with Crippen LogP contribution in [0.2, 0.25) is 0 Å². The predicted molar refractivity (Wildman–Crippen MR) is 134 cm³/mol. The van der Waals surface area contributed by atoms with E-state index in [1.807, 2.05) is 35.4 Å². The number of fused-ring (bicyclic) bond motifs is 2. The maximum Gasteiger partial charge on any atom is 0.253 e. The van der Waals surface area contributed by atoms with Crippen LogP contribution in [0.4, 0.5) is 0 Å². The number of likely N-dealkylation sites (tertiary alicyclic amines) is 1. The first-order valence-electron chi connectivity index (χ1n) is 12.9. The molecule has 0 radical (unpaired) electrons. The average Bonchev–Trinajstić information content (AvgIpc) is 3.05. The van der Waals surface area contributed by atoms with Crippen molar-refractivity contribution in [2.75, 3.05) is 26.2 Å². The normalized spacial score (nSPS) is 19.9. The van der Waals surface area contributed by atoms with E-state index in [-0.39, 0.29) is 12.0 Å². The van der Waals surface area contributed by atoms with Crippen molar-refractivity contribution in [1.82, 2.24) is 14.8 Å². The Balaban J connectivity index is 1.05. The summed E-state index contributed by atoms with van der Waals surface area (Å²) in [5.41, 5.74) is 3.69. The minimum Gasteiger partial charge on any atom is -0.490 e. The minimum atomic E-state index is 0.109. The van der Waals surface area contributed by atoms with Crippen molar-refractivity contribution in [2.45, 2.75) is 57.1 Å². The van der Waals surface area contributed by atoms with Gasteiger partial charge in [-0.3, -0.25) is 14.7 Å². The summed E-state index contributed by atoms with van der Waals surface area (Å²) in [4.78, 5) is 21.9. The Labute approximate surface area is 201 Å². The van der Waals surface area contributed by atoms with Gasteiger partial charge in [0.2, 0.25) is 0 Å². The number of ether oxygens (including phenoxy) is 1. The van der Waals surface area contributed by atoms with Crippen LogP contribution >= 0.6 is 0 Å². The number of pyridine rings is 1. The van der Waals surface area contributed by atoms with Gasteiger partial charge in [-0.2, -0.15) is 0 Å². The number of nitrogens with zero attached hydrogens (tertiary/aromatic N) is 3. The molecule has 5 nitrogen and oxygen atoms in total. The third-order valence-electron chi connectivity index (χ3n) is 8.02. The Morgan fingerprint density at radius 2 is 1.68 bits per heavy atom. The summed E-state index contributed by atoms with van der Waals surface area (Å²) in [5, 5.41) is 2.11. The second-order valence-electron chi connectivity index (χ2n) is 10.1. The smallest absolute Gasteiger partial charge is 0.253 e. The zero-order chi connectivity index (χ0) is 22.9. The predicted octanol–water partition coefficient (Wildman–Crippen LogP) is 4.87. The van der Waals surface area contributed by atoms with Crippen molar-refractivity contribution in [1.29, 1.82) is 0 Å². The molecule has 0 spiro atoms. The monoisotopic (exact) mass is 455 g/mol. The maximum absolute atomic E-state index is 13.1. The lowest BCUT2D eigenvalue weighted by molar-refractivity contribution is 0.0595. The maximum atomic E-state index is 13.1. The molecule has 34 heavy (non-hydrogen) atoms. The molecule has 6 rings (SSSR count). The quantitative estimate of drug-likeness (QED) is 0.563. The van der Waals surface area contributed by atoms with Crippen LogP contribution in [0.5, 0.6) is 5.75 Å². The Morgan fingerprint density at radius 1 is 0.853 bits per heavy atom. The number of carbonyl (C=O) groups is 1. The fourth-order valence-electron chi connectivity index (χ4n) is 5.68. The molecule has 1 amide bonds. The van der Waals surface area contributed by atoms with Gasteiger partial charge in [-0.1, -0.05) is 18.6 Å². The molecule has 3 aliphatic rings. The van der Waals surface area contributed by atoms with Crippen LogP contribution in [0, 0.1) is 0 Å². The first-order valence-corrected chi connectivity index (χ1v) is 12.9. The highest BCUT2D eigenvalue weighted by molar-refractivity contribution is 5.98. The molecule has 0 unspecified atom stereocenters. The molecule has 1 saturated carbocycles. The van der Waals surface area contributed by atoms with E-state index in [2.05, 4.69) is 28.1 Å². The highest BCUT2D eigenvalue weighted by Gasteiger charge is 2.27. The van der Waals surface area contributed by atoms with Crippen LogP contribution in [0.15, 0.2) is 54.9 Å². The van der Waals surface area contributed by atoms with Gasteiger partial charge < -0.3 is 9.64 Å². The lowest BCUT2D eigenvalue weighted by Gasteiger charge is -2.36. The highest BCUT2D eigenvalue weighted by atomic mass is 16.5. The number of hydrogen-bond donors (Lipinski definition) is 0. The van der Waals surface area contributed by atoms with Crippen LogP contribution in [0.25, 0.3) is 10.8 Å². The zero-order valence-electron chi connectivity index (χ0n) is 19.8. The van der Waals surface area contributed by atoms with Gasteiger partial charge in [0.25, 0.3) is 5.91 Å². The molecule has 0 N–H and O–H groups in total. The van der Waals surface area contributed by atoms with Crippen molar-refractivity contribution in [3.63, 3.8) is 0 Å². The molecule has 1 aromatic heterocycles. The summed E-state index contributed by atoms with van der Waals surface area (Å²) in [5.74, 6) is 1.10. The summed E-state index contributed by atoms with van der Waals surface area (Å²) in [7, 11) is 0. The van der Waals surface area contributed by atoms with Gasteiger partial charge in [0, 0.05) is 68.4 Å². The molecule has 176 valence electrons. The van der Waals surface area contributed by atoms with Gasteiger partial charge in [0.1, 0.15) is 11.9 Å². The van der Waals surface area contributed by atoms with Gasteiger partial charge in [-0.25, -0.2) is 0 Å². The molecular formula is C29H33N3O2. The Bertz CT molecular complexity index is 1180. The molecule has 3 heterocycles. The van der Waals surface area contributed by atoms with E-state index in [4.69, 9.17) is 4.74 Å². The number of aromatic nitrogens is 1. The molecular weight excluding hydrogens is 422 g/mol. The number of amides is 1. The fraction of sp³-hybridized carbons (Fsp3) is 0.448. The molecule has 5 heteroatoms. The van der Waals surface area contributed by atoms with Crippen molar-refractivity contribution >= 4 is 16.7 Å². The third-order valence-corrected chi connectivity index (χ3v) is 8.02. The summed E-state index contributed by atoms with van der Waals surface area (Å²) in [6.45, 7) is 3.84. The third kappa shape index (κ3) is 4.41. The van der Waals surface area contributed by atoms with Crippen LogP contribution in [0.1, 0.15) is 53.6 Å². The summed E-state index contributed by atoms with van der Waals surface area (Å²) < 4.78 is 6.40. The molecule has 1 saturated heterocycles. The first-order chi connectivity index (χ1) is 16.7. The van der Waals surface area contributed by atoms with E-state index in [1.165, 1.54) is 43.5 Å². The molecule has 0 bridgehead atoms. The van der Waals surface area contributed by atoms with E-state index in [1.54, 1.807) is 6.20 Å². The minimum absolute atomic E-state index is 0.109. The number of piperidine rings is 1. The largest absolute Gasteiger partial charge is 0.490 e. The zero-order valence-corrected chi connectivity index (χ0v) is 19.8. The topological polar surface area (TPSA) is 45.7 Å². The average molecular weight is 456 g/mol. The molecule has 3 aromatic rings. The van der Waals surface area contributed by atoms with Crippen molar-refractivity contribution in [3.8, 4) is 5.75 Å². The highest BCUT2D eigenvalue weighted by Crippen LogP contribution is 2.29. The SMILES string of the molecule is O=C(c1ccc2cnccc2c1)N1CCC(Oc2ccc3c(c2)CCN(C2CCC2)CC3)CC1. The summed E-state index contributed by atoms with van der Waals surface area (Å²) >= 11 is 0.